The SMILES string of the molecule is CC1(C)c2cc(-c3ccccc3)ccc2-n2cc3c4ccccc4n(-c4ccccc4)c3c21. The number of fused-ring (bicyclic) bond motifs is 7. The second kappa shape index (κ2) is 6.49. The lowest BCUT2D eigenvalue weighted by molar-refractivity contribution is 0.646. The van der Waals surface area contributed by atoms with Crippen molar-refractivity contribution in [3.8, 4) is 22.5 Å². The molecule has 7 rings (SSSR count). The quantitative estimate of drug-likeness (QED) is 0.267. The van der Waals surface area contributed by atoms with Gasteiger partial charge < -0.3 is 9.13 Å². The van der Waals surface area contributed by atoms with Crippen molar-refractivity contribution in [1.82, 2.24) is 9.13 Å². The van der Waals surface area contributed by atoms with E-state index in [-0.39, 0.29) is 5.41 Å². The summed E-state index contributed by atoms with van der Waals surface area (Å²) in [5.41, 5.74) is 10.2. The molecule has 0 bridgehead atoms. The highest BCUT2D eigenvalue weighted by Crippen LogP contribution is 2.50. The first-order valence-corrected chi connectivity index (χ1v) is 11.6. The zero-order valence-corrected chi connectivity index (χ0v) is 18.8. The number of rotatable bonds is 2. The summed E-state index contributed by atoms with van der Waals surface area (Å²) in [5.74, 6) is 0. The van der Waals surface area contributed by atoms with Crippen molar-refractivity contribution in [2.45, 2.75) is 19.3 Å². The molecule has 1 aliphatic heterocycles. The van der Waals surface area contributed by atoms with Crippen LogP contribution >= 0.6 is 0 Å². The Labute approximate surface area is 193 Å². The average molecular weight is 425 g/mol. The van der Waals surface area contributed by atoms with Crippen LogP contribution in [0, 0.1) is 0 Å². The van der Waals surface area contributed by atoms with Gasteiger partial charge in [0.2, 0.25) is 0 Å². The highest BCUT2D eigenvalue weighted by Gasteiger charge is 2.40. The third-order valence-corrected chi connectivity index (χ3v) is 7.28. The van der Waals surface area contributed by atoms with Gasteiger partial charge in [0, 0.05) is 33.8 Å². The molecule has 6 aromatic rings. The molecule has 4 aromatic carbocycles. The average Bonchev–Trinajstić information content (AvgIpc) is 3.46. The molecule has 0 amide bonds. The van der Waals surface area contributed by atoms with E-state index in [4.69, 9.17) is 0 Å². The first-order valence-electron chi connectivity index (χ1n) is 11.6. The van der Waals surface area contributed by atoms with Crippen LogP contribution in [0.3, 0.4) is 0 Å². The van der Waals surface area contributed by atoms with Crippen molar-refractivity contribution < 1.29 is 0 Å². The van der Waals surface area contributed by atoms with Crippen LogP contribution in [0.15, 0.2) is 109 Å². The standard InChI is InChI=1S/C31H24N2/c1-31(2)26-19-22(21-11-5-3-6-12-21)17-18-28(26)32-20-25-24-15-9-10-16-27(24)33(29(25)30(31)32)23-13-7-4-8-14-23/h3-20H,1-2H3. The van der Waals surface area contributed by atoms with Crippen LogP contribution in [0.2, 0.25) is 0 Å². The van der Waals surface area contributed by atoms with Crippen molar-refractivity contribution in [2.75, 3.05) is 0 Å². The van der Waals surface area contributed by atoms with Crippen molar-refractivity contribution in [3.63, 3.8) is 0 Å². The smallest absolute Gasteiger partial charge is 0.0763 e. The molecule has 2 aromatic heterocycles. The van der Waals surface area contributed by atoms with Gasteiger partial charge in [-0.05, 0) is 47.0 Å². The molecule has 2 nitrogen and oxygen atoms in total. The summed E-state index contributed by atoms with van der Waals surface area (Å²) in [5, 5.41) is 2.62. The van der Waals surface area contributed by atoms with E-state index in [1.165, 1.54) is 55.6 Å². The Morgan fingerprint density at radius 2 is 1.33 bits per heavy atom. The predicted octanol–water partition coefficient (Wildman–Crippen LogP) is 7.88. The lowest BCUT2D eigenvalue weighted by atomic mass is 9.81. The second-order valence-corrected chi connectivity index (χ2v) is 9.52. The number of aromatic nitrogens is 2. The van der Waals surface area contributed by atoms with Gasteiger partial charge in [-0.1, -0.05) is 86.6 Å². The number of nitrogens with zero attached hydrogens (tertiary/aromatic N) is 2. The third kappa shape index (κ3) is 2.44. The van der Waals surface area contributed by atoms with E-state index >= 15 is 0 Å². The summed E-state index contributed by atoms with van der Waals surface area (Å²) in [7, 11) is 0. The molecule has 0 saturated carbocycles. The topological polar surface area (TPSA) is 9.86 Å². The van der Waals surface area contributed by atoms with Crippen molar-refractivity contribution >= 4 is 21.8 Å². The lowest BCUT2D eigenvalue weighted by Crippen LogP contribution is -2.16. The van der Waals surface area contributed by atoms with Gasteiger partial charge in [0.05, 0.1) is 16.7 Å². The third-order valence-electron chi connectivity index (χ3n) is 7.28. The van der Waals surface area contributed by atoms with Gasteiger partial charge in [0.1, 0.15) is 0 Å². The summed E-state index contributed by atoms with van der Waals surface area (Å²) >= 11 is 0. The fourth-order valence-corrected chi connectivity index (χ4v) is 5.75. The van der Waals surface area contributed by atoms with Gasteiger partial charge in [-0.15, -0.1) is 0 Å². The van der Waals surface area contributed by atoms with Crippen LogP contribution in [0.1, 0.15) is 25.1 Å². The molecule has 3 heterocycles. The van der Waals surface area contributed by atoms with E-state index in [1.807, 2.05) is 0 Å². The van der Waals surface area contributed by atoms with Crippen LogP contribution in [-0.4, -0.2) is 9.13 Å². The minimum absolute atomic E-state index is 0.122. The summed E-state index contributed by atoms with van der Waals surface area (Å²) in [4.78, 5) is 0. The first-order chi connectivity index (χ1) is 16.1. The maximum absolute atomic E-state index is 2.45. The summed E-state index contributed by atoms with van der Waals surface area (Å²) < 4.78 is 4.88. The molecule has 0 unspecified atom stereocenters. The van der Waals surface area contributed by atoms with Crippen LogP contribution in [0.4, 0.5) is 0 Å². The lowest BCUT2D eigenvalue weighted by Gasteiger charge is -2.21. The highest BCUT2D eigenvalue weighted by molar-refractivity contribution is 6.11. The van der Waals surface area contributed by atoms with Gasteiger partial charge in [0.25, 0.3) is 0 Å². The number of hydrogen-bond acceptors (Lipinski definition) is 0. The van der Waals surface area contributed by atoms with E-state index in [0.29, 0.717) is 0 Å². The van der Waals surface area contributed by atoms with E-state index in [9.17, 15) is 0 Å². The normalized spacial score (nSPS) is 14.0. The number of benzene rings is 4. The van der Waals surface area contributed by atoms with Crippen LogP contribution in [0.5, 0.6) is 0 Å². The predicted molar refractivity (Wildman–Crippen MR) is 138 cm³/mol. The van der Waals surface area contributed by atoms with Gasteiger partial charge in [-0.25, -0.2) is 0 Å². The van der Waals surface area contributed by atoms with E-state index < -0.39 is 0 Å². The fourth-order valence-electron chi connectivity index (χ4n) is 5.75. The molecule has 0 N–H and O–H groups in total. The minimum Gasteiger partial charge on any atom is -0.317 e. The maximum atomic E-state index is 2.45. The Morgan fingerprint density at radius 3 is 2.12 bits per heavy atom. The van der Waals surface area contributed by atoms with Crippen molar-refractivity contribution in [1.29, 1.82) is 0 Å². The monoisotopic (exact) mass is 424 g/mol. The maximum Gasteiger partial charge on any atom is 0.0763 e. The minimum atomic E-state index is -0.122. The summed E-state index contributed by atoms with van der Waals surface area (Å²) in [6, 6.07) is 37.1. The zero-order chi connectivity index (χ0) is 22.2. The van der Waals surface area contributed by atoms with E-state index in [1.54, 1.807) is 0 Å². The first kappa shape index (κ1) is 18.5. The zero-order valence-electron chi connectivity index (χ0n) is 18.8. The van der Waals surface area contributed by atoms with Gasteiger partial charge in [-0.2, -0.15) is 0 Å². The molecule has 0 aliphatic carbocycles. The summed E-state index contributed by atoms with van der Waals surface area (Å²) in [6.07, 6.45) is 2.35. The molecule has 33 heavy (non-hydrogen) atoms. The molecular weight excluding hydrogens is 400 g/mol. The molecule has 0 atom stereocenters. The van der Waals surface area contributed by atoms with Gasteiger partial charge >= 0.3 is 0 Å². The summed E-state index contributed by atoms with van der Waals surface area (Å²) in [6.45, 7) is 4.73. The Kier molecular flexibility index (Phi) is 3.64. The number of para-hydroxylation sites is 2. The Bertz CT molecular complexity index is 1660. The molecule has 1 aliphatic rings. The van der Waals surface area contributed by atoms with Gasteiger partial charge in [0.15, 0.2) is 0 Å². The van der Waals surface area contributed by atoms with Gasteiger partial charge in [-0.3, -0.25) is 0 Å². The molecular formula is C31H24N2. The second-order valence-electron chi connectivity index (χ2n) is 9.52. The molecule has 2 heteroatoms. The highest BCUT2D eigenvalue weighted by atomic mass is 15.1. The Morgan fingerprint density at radius 1 is 0.636 bits per heavy atom. The van der Waals surface area contributed by atoms with E-state index in [0.717, 1.165) is 0 Å². The largest absolute Gasteiger partial charge is 0.317 e. The molecule has 0 spiro atoms. The Balaban J connectivity index is 1.55. The molecule has 0 fully saturated rings. The number of hydrogen-bond donors (Lipinski definition) is 0. The fraction of sp³-hybridized carbons (Fsp3) is 0.0968. The van der Waals surface area contributed by atoms with Crippen LogP contribution in [0.25, 0.3) is 44.3 Å². The molecule has 0 radical (unpaired) electrons. The van der Waals surface area contributed by atoms with Crippen LogP contribution < -0.4 is 0 Å². The van der Waals surface area contributed by atoms with Crippen molar-refractivity contribution in [3.05, 3.63) is 121 Å². The molecule has 0 saturated heterocycles. The Hall–Kier alpha value is -4.04. The van der Waals surface area contributed by atoms with Crippen molar-refractivity contribution in [2.24, 2.45) is 0 Å². The molecule has 158 valence electrons. The van der Waals surface area contributed by atoms with E-state index in [2.05, 4.69) is 132 Å². The van der Waals surface area contributed by atoms with Crippen LogP contribution in [-0.2, 0) is 5.41 Å².